The molecule has 0 unspecified atom stereocenters. The third-order valence-corrected chi connectivity index (χ3v) is 1.71. The Balaban J connectivity index is 2.66. The van der Waals surface area contributed by atoms with Crippen LogP contribution >= 0.6 is 0 Å². The maximum absolute atomic E-state index is 11.8. The van der Waals surface area contributed by atoms with E-state index in [1.165, 1.54) is 24.1 Å². The van der Waals surface area contributed by atoms with Crippen LogP contribution in [0.2, 0.25) is 0 Å². The summed E-state index contributed by atoms with van der Waals surface area (Å²) in [6, 6.07) is 2.70. The molecule has 0 radical (unpaired) electrons. The Morgan fingerprint density at radius 2 is 2.31 bits per heavy atom. The fourth-order valence-electron chi connectivity index (χ4n) is 1.05. The molecule has 7 heteroatoms. The second-order valence-electron chi connectivity index (χ2n) is 2.98. The van der Waals surface area contributed by atoms with Crippen LogP contribution in [0.15, 0.2) is 18.3 Å². The van der Waals surface area contributed by atoms with Crippen LogP contribution in [0.3, 0.4) is 0 Å². The standard InChI is InChI=1S/C9H10F2N2O3/c1-13(5-8(14)15)7-3-2-6(4-12-7)16-9(10)11/h2-4,9H,5H2,1H3,(H,14,15). The summed E-state index contributed by atoms with van der Waals surface area (Å²) in [5, 5.41) is 8.53. The van der Waals surface area contributed by atoms with Gasteiger partial charge in [0.2, 0.25) is 0 Å². The lowest BCUT2D eigenvalue weighted by Gasteiger charge is -2.15. The fourth-order valence-corrected chi connectivity index (χ4v) is 1.05. The van der Waals surface area contributed by atoms with Crippen LogP contribution in [-0.4, -0.2) is 36.3 Å². The lowest BCUT2D eigenvalue weighted by atomic mass is 10.4. The zero-order valence-electron chi connectivity index (χ0n) is 8.43. The molecule has 1 rings (SSSR count). The summed E-state index contributed by atoms with van der Waals surface area (Å²) in [5.41, 5.74) is 0. The number of halogens is 2. The van der Waals surface area contributed by atoms with E-state index in [2.05, 4.69) is 9.72 Å². The average molecular weight is 232 g/mol. The van der Waals surface area contributed by atoms with Crippen LogP contribution in [0.1, 0.15) is 0 Å². The topological polar surface area (TPSA) is 62.7 Å². The number of hydrogen-bond donors (Lipinski definition) is 1. The fraction of sp³-hybridized carbons (Fsp3) is 0.333. The summed E-state index contributed by atoms with van der Waals surface area (Å²) in [7, 11) is 1.53. The molecule has 0 amide bonds. The first kappa shape index (κ1) is 12.2. The second kappa shape index (κ2) is 5.24. The van der Waals surface area contributed by atoms with Crippen molar-refractivity contribution in [1.29, 1.82) is 0 Å². The van der Waals surface area contributed by atoms with Gasteiger partial charge >= 0.3 is 12.6 Å². The number of likely N-dealkylation sites (N-methyl/N-ethyl adjacent to an activating group) is 1. The smallest absolute Gasteiger partial charge is 0.387 e. The van der Waals surface area contributed by atoms with Gasteiger partial charge in [-0.25, -0.2) is 4.98 Å². The lowest BCUT2D eigenvalue weighted by molar-refractivity contribution is -0.135. The van der Waals surface area contributed by atoms with E-state index in [0.29, 0.717) is 5.82 Å². The highest BCUT2D eigenvalue weighted by Crippen LogP contribution is 2.16. The monoisotopic (exact) mass is 232 g/mol. The summed E-state index contributed by atoms with van der Waals surface area (Å²) in [6.45, 7) is -3.12. The first-order valence-electron chi connectivity index (χ1n) is 4.33. The Morgan fingerprint density at radius 1 is 1.62 bits per heavy atom. The molecule has 0 aromatic carbocycles. The minimum absolute atomic E-state index is 0.0672. The van der Waals surface area contributed by atoms with Gasteiger partial charge in [-0.05, 0) is 12.1 Å². The van der Waals surface area contributed by atoms with Crippen molar-refractivity contribution in [1.82, 2.24) is 4.98 Å². The van der Waals surface area contributed by atoms with Crippen molar-refractivity contribution >= 4 is 11.8 Å². The predicted molar refractivity (Wildman–Crippen MR) is 51.8 cm³/mol. The molecule has 1 aromatic rings. The number of anilines is 1. The molecule has 0 atom stereocenters. The highest BCUT2D eigenvalue weighted by molar-refractivity contribution is 5.72. The third-order valence-electron chi connectivity index (χ3n) is 1.71. The Labute approximate surface area is 90.3 Å². The van der Waals surface area contributed by atoms with Crippen LogP contribution in [0.25, 0.3) is 0 Å². The number of carbonyl (C=O) groups is 1. The van der Waals surface area contributed by atoms with E-state index < -0.39 is 12.6 Å². The Hall–Kier alpha value is -1.92. The normalized spacial score (nSPS) is 10.2. The van der Waals surface area contributed by atoms with Crippen LogP contribution in [-0.2, 0) is 4.79 Å². The van der Waals surface area contributed by atoms with Gasteiger partial charge in [0, 0.05) is 7.05 Å². The molecule has 88 valence electrons. The van der Waals surface area contributed by atoms with E-state index in [-0.39, 0.29) is 12.3 Å². The highest BCUT2D eigenvalue weighted by atomic mass is 19.3. The van der Waals surface area contributed by atoms with Crippen LogP contribution in [0.4, 0.5) is 14.6 Å². The second-order valence-corrected chi connectivity index (χ2v) is 2.98. The van der Waals surface area contributed by atoms with Crippen molar-refractivity contribution in [3.8, 4) is 5.75 Å². The van der Waals surface area contributed by atoms with Gasteiger partial charge in [0.25, 0.3) is 0 Å². The summed E-state index contributed by atoms with van der Waals surface area (Å²) < 4.78 is 27.7. The number of alkyl halides is 2. The molecule has 16 heavy (non-hydrogen) atoms. The number of nitrogens with zero attached hydrogens (tertiary/aromatic N) is 2. The van der Waals surface area contributed by atoms with E-state index in [4.69, 9.17) is 5.11 Å². The van der Waals surface area contributed by atoms with Crippen LogP contribution < -0.4 is 9.64 Å². The van der Waals surface area contributed by atoms with E-state index in [1.807, 2.05) is 0 Å². The number of carboxylic acid groups (broad SMARTS) is 1. The Bertz CT molecular complexity index is 356. The molecule has 0 spiro atoms. The quantitative estimate of drug-likeness (QED) is 0.826. The zero-order valence-corrected chi connectivity index (χ0v) is 8.43. The van der Waals surface area contributed by atoms with Crippen LogP contribution in [0.5, 0.6) is 5.75 Å². The van der Waals surface area contributed by atoms with E-state index in [1.54, 1.807) is 0 Å². The van der Waals surface area contributed by atoms with Gasteiger partial charge in [0.15, 0.2) is 0 Å². The average Bonchev–Trinajstić information content (AvgIpc) is 2.16. The van der Waals surface area contributed by atoms with Crippen molar-refractivity contribution in [2.75, 3.05) is 18.5 Å². The van der Waals surface area contributed by atoms with Crippen molar-refractivity contribution in [3.63, 3.8) is 0 Å². The summed E-state index contributed by atoms with van der Waals surface area (Å²) in [5.74, 6) is -0.705. The number of aromatic nitrogens is 1. The Kier molecular flexibility index (Phi) is 3.98. The molecule has 1 heterocycles. The first-order valence-corrected chi connectivity index (χ1v) is 4.33. The van der Waals surface area contributed by atoms with Gasteiger partial charge in [-0.3, -0.25) is 4.79 Å². The van der Waals surface area contributed by atoms with E-state index >= 15 is 0 Å². The van der Waals surface area contributed by atoms with Crippen molar-refractivity contribution < 1.29 is 23.4 Å². The number of ether oxygens (including phenoxy) is 1. The highest BCUT2D eigenvalue weighted by Gasteiger charge is 2.08. The van der Waals surface area contributed by atoms with Gasteiger partial charge in [-0.15, -0.1) is 0 Å². The molecule has 0 aliphatic carbocycles. The molecular formula is C9H10F2N2O3. The Morgan fingerprint density at radius 3 is 2.75 bits per heavy atom. The minimum Gasteiger partial charge on any atom is -0.480 e. The third kappa shape index (κ3) is 3.68. The van der Waals surface area contributed by atoms with E-state index in [9.17, 15) is 13.6 Å². The van der Waals surface area contributed by atoms with Gasteiger partial charge < -0.3 is 14.7 Å². The SMILES string of the molecule is CN(CC(=O)O)c1ccc(OC(F)F)cn1. The van der Waals surface area contributed by atoms with Crippen LogP contribution in [0, 0.1) is 0 Å². The van der Waals surface area contributed by atoms with Gasteiger partial charge in [0.05, 0.1) is 6.20 Å². The molecule has 5 nitrogen and oxygen atoms in total. The number of carboxylic acids is 1. The summed E-state index contributed by atoms with van der Waals surface area (Å²) in [6.07, 6.45) is 1.11. The van der Waals surface area contributed by atoms with Crippen molar-refractivity contribution in [2.45, 2.75) is 6.61 Å². The molecule has 0 bridgehead atoms. The number of rotatable bonds is 5. The minimum atomic E-state index is -2.90. The van der Waals surface area contributed by atoms with Gasteiger partial charge in [-0.2, -0.15) is 8.78 Å². The summed E-state index contributed by atoms with van der Waals surface area (Å²) >= 11 is 0. The van der Waals surface area contributed by atoms with Crippen molar-refractivity contribution in [2.24, 2.45) is 0 Å². The first-order chi connectivity index (χ1) is 7.49. The van der Waals surface area contributed by atoms with Gasteiger partial charge in [0.1, 0.15) is 18.1 Å². The maximum Gasteiger partial charge on any atom is 0.387 e. The molecular weight excluding hydrogens is 222 g/mol. The molecule has 0 aliphatic rings. The van der Waals surface area contributed by atoms with Gasteiger partial charge in [-0.1, -0.05) is 0 Å². The molecule has 0 fully saturated rings. The molecule has 1 N–H and O–H groups in total. The maximum atomic E-state index is 11.8. The van der Waals surface area contributed by atoms with E-state index in [0.717, 1.165) is 6.20 Å². The molecule has 1 aromatic heterocycles. The zero-order chi connectivity index (χ0) is 12.1. The predicted octanol–water partition coefficient (Wildman–Crippen LogP) is 1.20. The van der Waals surface area contributed by atoms with Crippen molar-refractivity contribution in [3.05, 3.63) is 18.3 Å². The largest absolute Gasteiger partial charge is 0.480 e. The number of aliphatic carboxylic acids is 1. The summed E-state index contributed by atoms with van der Waals surface area (Å²) in [4.78, 5) is 15.6. The number of pyridine rings is 1. The molecule has 0 saturated carbocycles. The molecule has 0 saturated heterocycles. The lowest BCUT2D eigenvalue weighted by Crippen LogP contribution is -2.25. The molecule has 0 aliphatic heterocycles. The number of hydrogen-bond acceptors (Lipinski definition) is 4.